The molecule has 1 aromatic carbocycles. The van der Waals surface area contributed by atoms with Crippen molar-refractivity contribution in [3.8, 4) is 6.07 Å². The van der Waals surface area contributed by atoms with Gasteiger partial charge in [0.25, 0.3) is 0 Å². The number of aliphatic hydroxyl groups is 1. The summed E-state index contributed by atoms with van der Waals surface area (Å²) in [6, 6.07) is 15.7. The monoisotopic (exact) mass is 267 g/mol. The number of hydrogen-bond acceptors (Lipinski definition) is 4. The average molecular weight is 267 g/mol. The lowest BCUT2D eigenvalue weighted by Gasteiger charge is -2.16. The van der Waals surface area contributed by atoms with Gasteiger partial charge in [0, 0.05) is 18.8 Å². The van der Waals surface area contributed by atoms with Gasteiger partial charge in [-0.15, -0.1) is 0 Å². The molecule has 0 radical (unpaired) electrons. The number of nitrogens with zero attached hydrogens (tertiary/aromatic N) is 2. The van der Waals surface area contributed by atoms with Crippen molar-refractivity contribution >= 4 is 0 Å². The fourth-order valence-corrected chi connectivity index (χ4v) is 2.01. The third kappa shape index (κ3) is 4.16. The summed E-state index contributed by atoms with van der Waals surface area (Å²) in [5.74, 6) is 0. The van der Waals surface area contributed by atoms with Gasteiger partial charge in [0.1, 0.15) is 11.8 Å². The molecule has 2 N–H and O–H groups in total. The molecule has 102 valence electrons. The molecule has 1 aromatic heterocycles. The van der Waals surface area contributed by atoms with Crippen molar-refractivity contribution in [2.75, 3.05) is 6.61 Å². The van der Waals surface area contributed by atoms with Gasteiger partial charge in [0.05, 0.1) is 6.61 Å². The van der Waals surface area contributed by atoms with Crippen LogP contribution in [-0.2, 0) is 13.0 Å². The van der Waals surface area contributed by atoms with E-state index in [1.165, 1.54) is 5.56 Å². The van der Waals surface area contributed by atoms with Crippen molar-refractivity contribution in [2.24, 2.45) is 0 Å². The second-order valence-corrected chi connectivity index (χ2v) is 4.61. The quantitative estimate of drug-likeness (QED) is 0.835. The van der Waals surface area contributed by atoms with Crippen LogP contribution in [0.1, 0.15) is 16.8 Å². The highest BCUT2D eigenvalue weighted by Gasteiger charge is 2.08. The summed E-state index contributed by atoms with van der Waals surface area (Å²) in [4.78, 5) is 3.93. The first-order chi connectivity index (χ1) is 9.81. The Morgan fingerprint density at radius 1 is 1.20 bits per heavy atom. The molecule has 0 saturated heterocycles. The molecular weight excluding hydrogens is 250 g/mol. The number of hydrogen-bond donors (Lipinski definition) is 2. The summed E-state index contributed by atoms with van der Waals surface area (Å²) in [6.45, 7) is 0.681. The van der Waals surface area contributed by atoms with Crippen LogP contribution in [-0.4, -0.2) is 22.7 Å². The lowest BCUT2D eigenvalue weighted by molar-refractivity contribution is 0.241. The molecule has 2 rings (SSSR count). The fourth-order valence-electron chi connectivity index (χ4n) is 2.01. The summed E-state index contributed by atoms with van der Waals surface area (Å²) in [6.07, 6.45) is 2.40. The molecule has 0 aliphatic rings. The van der Waals surface area contributed by atoms with Gasteiger partial charge in [0.2, 0.25) is 0 Å². The minimum absolute atomic E-state index is 0.00361. The van der Waals surface area contributed by atoms with E-state index in [1.54, 1.807) is 12.3 Å². The topological polar surface area (TPSA) is 68.9 Å². The number of benzene rings is 1. The maximum Gasteiger partial charge on any atom is 0.140 e. The minimum Gasteiger partial charge on any atom is -0.395 e. The van der Waals surface area contributed by atoms with Crippen molar-refractivity contribution in [1.82, 2.24) is 10.3 Å². The first-order valence-corrected chi connectivity index (χ1v) is 6.55. The standard InChI is InChI=1S/C16H17N3O/c17-10-15-9-14(6-7-18-15)11-19-16(12-20)8-13-4-2-1-3-5-13/h1-7,9,16,19-20H,8,11-12H2. The third-order valence-electron chi connectivity index (χ3n) is 3.08. The first-order valence-electron chi connectivity index (χ1n) is 6.55. The van der Waals surface area contributed by atoms with Crippen LogP contribution in [0.4, 0.5) is 0 Å². The summed E-state index contributed by atoms with van der Waals surface area (Å²) in [7, 11) is 0. The van der Waals surface area contributed by atoms with E-state index in [1.807, 2.05) is 42.5 Å². The molecular formula is C16H17N3O. The van der Waals surface area contributed by atoms with Gasteiger partial charge in [-0.1, -0.05) is 30.3 Å². The zero-order valence-electron chi connectivity index (χ0n) is 11.2. The van der Waals surface area contributed by atoms with Gasteiger partial charge in [-0.25, -0.2) is 4.98 Å². The highest BCUT2D eigenvalue weighted by atomic mass is 16.3. The molecule has 1 unspecified atom stereocenters. The third-order valence-corrected chi connectivity index (χ3v) is 3.08. The molecule has 4 nitrogen and oxygen atoms in total. The highest BCUT2D eigenvalue weighted by Crippen LogP contribution is 2.05. The number of aromatic nitrogens is 1. The zero-order valence-corrected chi connectivity index (χ0v) is 11.2. The number of aliphatic hydroxyl groups excluding tert-OH is 1. The fraction of sp³-hybridized carbons (Fsp3) is 0.250. The Bertz CT molecular complexity index is 578. The molecule has 0 fully saturated rings. The summed E-state index contributed by atoms with van der Waals surface area (Å²) >= 11 is 0. The van der Waals surface area contributed by atoms with Crippen LogP contribution in [0, 0.1) is 11.3 Å². The number of nitriles is 1. The predicted octanol–water partition coefficient (Wildman–Crippen LogP) is 1.65. The van der Waals surface area contributed by atoms with E-state index in [9.17, 15) is 5.11 Å². The van der Waals surface area contributed by atoms with Gasteiger partial charge in [-0.3, -0.25) is 0 Å². The van der Waals surface area contributed by atoms with E-state index < -0.39 is 0 Å². The maximum absolute atomic E-state index is 9.44. The molecule has 1 heterocycles. The van der Waals surface area contributed by atoms with Crippen molar-refractivity contribution in [1.29, 1.82) is 5.26 Å². The first kappa shape index (κ1) is 14.2. The van der Waals surface area contributed by atoms with Gasteiger partial charge in [0.15, 0.2) is 0 Å². The van der Waals surface area contributed by atoms with Crippen LogP contribution in [0.25, 0.3) is 0 Å². The van der Waals surface area contributed by atoms with Crippen molar-refractivity contribution < 1.29 is 5.11 Å². The van der Waals surface area contributed by atoms with Crippen molar-refractivity contribution in [2.45, 2.75) is 19.0 Å². The molecule has 20 heavy (non-hydrogen) atoms. The normalized spacial score (nSPS) is 11.8. The van der Waals surface area contributed by atoms with Gasteiger partial charge in [-0.2, -0.15) is 5.26 Å². The Hall–Kier alpha value is -2.22. The van der Waals surface area contributed by atoms with Crippen molar-refractivity contribution in [3.05, 3.63) is 65.5 Å². The smallest absolute Gasteiger partial charge is 0.140 e. The maximum atomic E-state index is 9.44. The minimum atomic E-state index is -0.00361. The van der Waals surface area contributed by atoms with E-state index >= 15 is 0 Å². The summed E-state index contributed by atoms with van der Waals surface area (Å²) in [5, 5.41) is 21.5. The predicted molar refractivity (Wildman–Crippen MR) is 76.8 cm³/mol. The molecule has 1 atom stereocenters. The molecule has 0 aliphatic heterocycles. The van der Waals surface area contributed by atoms with Gasteiger partial charge in [-0.05, 0) is 29.7 Å². The molecule has 0 bridgehead atoms. The largest absolute Gasteiger partial charge is 0.395 e. The lowest BCUT2D eigenvalue weighted by Crippen LogP contribution is -2.34. The van der Waals surface area contributed by atoms with Crippen molar-refractivity contribution in [3.63, 3.8) is 0 Å². The number of pyridine rings is 1. The van der Waals surface area contributed by atoms with Gasteiger partial charge < -0.3 is 10.4 Å². The van der Waals surface area contributed by atoms with Crippen LogP contribution in [0.2, 0.25) is 0 Å². The Labute approximate surface area is 118 Å². The summed E-state index contributed by atoms with van der Waals surface area (Å²) < 4.78 is 0. The summed E-state index contributed by atoms with van der Waals surface area (Å²) in [5.41, 5.74) is 2.59. The Kier molecular flexibility index (Phi) is 5.24. The van der Waals surface area contributed by atoms with E-state index in [2.05, 4.69) is 10.3 Å². The molecule has 0 amide bonds. The van der Waals surface area contributed by atoms with Crippen LogP contribution in [0.15, 0.2) is 48.7 Å². The second-order valence-electron chi connectivity index (χ2n) is 4.61. The van der Waals surface area contributed by atoms with E-state index in [0.29, 0.717) is 12.2 Å². The van der Waals surface area contributed by atoms with Gasteiger partial charge >= 0.3 is 0 Å². The van der Waals surface area contributed by atoms with Crippen LogP contribution in [0.5, 0.6) is 0 Å². The van der Waals surface area contributed by atoms with E-state index in [-0.39, 0.29) is 12.6 Å². The average Bonchev–Trinajstić information content (AvgIpc) is 2.52. The zero-order chi connectivity index (χ0) is 14.2. The Balaban J connectivity index is 1.92. The Morgan fingerprint density at radius 2 is 2.00 bits per heavy atom. The van der Waals surface area contributed by atoms with E-state index in [4.69, 9.17) is 5.26 Å². The number of rotatable bonds is 6. The Morgan fingerprint density at radius 3 is 2.70 bits per heavy atom. The van der Waals surface area contributed by atoms with Crippen LogP contribution < -0.4 is 5.32 Å². The van der Waals surface area contributed by atoms with Crippen LogP contribution in [0.3, 0.4) is 0 Å². The number of nitrogens with one attached hydrogen (secondary N) is 1. The SMILES string of the molecule is N#Cc1cc(CNC(CO)Cc2ccccc2)ccn1. The van der Waals surface area contributed by atoms with E-state index in [0.717, 1.165) is 12.0 Å². The molecule has 0 saturated carbocycles. The highest BCUT2D eigenvalue weighted by molar-refractivity contribution is 5.25. The molecule has 4 heteroatoms. The molecule has 2 aromatic rings. The van der Waals surface area contributed by atoms with Crippen LogP contribution >= 0.6 is 0 Å². The lowest BCUT2D eigenvalue weighted by atomic mass is 10.1. The second kappa shape index (κ2) is 7.39. The molecule has 0 spiro atoms. The molecule has 0 aliphatic carbocycles.